The molecule has 4 heteroatoms. The fourth-order valence-corrected chi connectivity index (χ4v) is 1.48. The van der Waals surface area contributed by atoms with E-state index in [9.17, 15) is 5.11 Å². The van der Waals surface area contributed by atoms with Gasteiger partial charge in [-0.3, -0.25) is 0 Å². The molecule has 0 radical (unpaired) electrons. The first-order valence-electron chi connectivity index (χ1n) is 4.27. The molecule has 2 aromatic carbocycles. The predicted octanol–water partition coefficient (Wildman–Crippen LogP) is 0.225. The van der Waals surface area contributed by atoms with Crippen LogP contribution >= 0.6 is 0 Å². The Morgan fingerprint density at radius 2 is 1.64 bits per heavy atom. The molecule has 2 rings (SSSR count). The van der Waals surface area contributed by atoms with Crippen molar-refractivity contribution in [2.75, 3.05) is 0 Å². The largest absolute Gasteiger partial charge is 0.508 e. The average molecular weight is 188 g/mol. The third-order valence-corrected chi connectivity index (χ3v) is 2.21. The molecule has 0 aliphatic heterocycles. The van der Waals surface area contributed by atoms with Crippen LogP contribution in [0.2, 0.25) is 0 Å². The van der Waals surface area contributed by atoms with Gasteiger partial charge in [0, 0.05) is 10.8 Å². The van der Waals surface area contributed by atoms with Gasteiger partial charge >= 0.3 is 7.12 Å². The highest BCUT2D eigenvalue weighted by Gasteiger charge is 2.17. The Hall–Kier alpha value is -1.52. The van der Waals surface area contributed by atoms with Crippen molar-refractivity contribution < 1.29 is 15.2 Å². The lowest BCUT2D eigenvalue weighted by Crippen LogP contribution is -2.29. The van der Waals surface area contributed by atoms with Crippen LogP contribution in [0.4, 0.5) is 0 Å². The molecule has 0 atom stereocenters. The summed E-state index contributed by atoms with van der Waals surface area (Å²) in [7, 11) is -1.64. The molecule has 0 aliphatic rings. The van der Waals surface area contributed by atoms with Crippen molar-refractivity contribution in [2.24, 2.45) is 0 Å². The molecule has 0 heterocycles. The molecule has 0 fully saturated rings. The van der Waals surface area contributed by atoms with E-state index in [1.165, 1.54) is 6.07 Å². The van der Waals surface area contributed by atoms with Gasteiger partial charge in [-0.2, -0.15) is 0 Å². The molecule has 70 valence electrons. The van der Waals surface area contributed by atoms with E-state index in [4.69, 9.17) is 10.0 Å². The van der Waals surface area contributed by atoms with E-state index in [0.29, 0.717) is 5.39 Å². The molecule has 14 heavy (non-hydrogen) atoms. The Labute approximate surface area is 81.4 Å². The second kappa shape index (κ2) is 3.33. The second-order valence-electron chi connectivity index (χ2n) is 3.10. The van der Waals surface area contributed by atoms with Crippen LogP contribution in [0.15, 0.2) is 36.4 Å². The summed E-state index contributed by atoms with van der Waals surface area (Å²) in [6.07, 6.45) is 0. The highest BCUT2D eigenvalue weighted by Crippen LogP contribution is 2.22. The molecule has 0 aromatic heterocycles. The van der Waals surface area contributed by atoms with Gasteiger partial charge in [0.1, 0.15) is 5.75 Å². The van der Waals surface area contributed by atoms with Crippen LogP contribution in [-0.2, 0) is 0 Å². The Morgan fingerprint density at radius 1 is 0.929 bits per heavy atom. The van der Waals surface area contributed by atoms with Crippen LogP contribution in [0, 0.1) is 0 Å². The minimum atomic E-state index is -1.64. The first kappa shape index (κ1) is 9.06. The average Bonchev–Trinajstić information content (AvgIpc) is 2.18. The minimum absolute atomic E-state index is 0.0712. The van der Waals surface area contributed by atoms with Crippen LogP contribution in [0.3, 0.4) is 0 Å². The molecule has 2 aromatic rings. The molecule has 0 aliphatic carbocycles. The summed E-state index contributed by atoms with van der Waals surface area (Å²) in [5.74, 6) is -0.0712. The maximum Gasteiger partial charge on any atom is 0.492 e. The standard InChI is InChI=1S/C10H9BO3/c12-10-8-4-2-1-3-7(8)5-6-9(10)11(13)14/h1-6,12-14H. The molecule has 0 saturated heterocycles. The van der Waals surface area contributed by atoms with Gasteiger partial charge in [-0.25, -0.2) is 0 Å². The fraction of sp³-hybridized carbons (Fsp3) is 0. The van der Waals surface area contributed by atoms with E-state index in [1.807, 2.05) is 12.1 Å². The predicted molar refractivity (Wildman–Crippen MR) is 55.4 cm³/mol. The van der Waals surface area contributed by atoms with Gasteiger partial charge in [-0.15, -0.1) is 0 Å². The lowest BCUT2D eigenvalue weighted by atomic mass is 9.78. The number of hydrogen-bond donors (Lipinski definition) is 3. The third-order valence-electron chi connectivity index (χ3n) is 2.21. The minimum Gasteiger partial charge on any atom is -0.508 e. The lowest BCUT2D eigenvalue weighted by molar-refractivity contribution is 0.420. The normalized spacial score (nSPS) is 10.4. The molecule has 3 N–H and O–H groups in total. The van der Waals surface area contributed by atoms with Gasteiger partial charge in [-0.05, 0) is 5.39 Å². The third kappa shape index (κ3) is 1.34. The lowest BCUT2D eigenvalue weighted by Gasteiger charge is -2.06. The second-order valence-corrected chi connectivity index (χ2v) is 3.10. The highest BCUT2D eigenvalue weighted by atomic mass is 16.4. The van der Waals surface area contributed by atoms with Crippen LogP contribution in [0.1, 0.15) is 0 Å². The smallest absolute Gasteiger partial charge is 0.492 e. The van der Waals surface area contributed by atoms with Crippen LogP contribution in [0.5, 0.6) is 5.75 Å². The van der Waals surface area contributed by atoms with Gasteiger partial charge in [0.15, 0.2) is 0 Å². The summed E-state index contributed by atoms with van der Waals surface area (Å²) in [6.45, 7) is 0. The Bertz CT molecular complexity index is 468. The molecule has 0 bridgehead atoms. The number of fused-ring (bicyclic) bond motifs is 1. The summed E-state index contributed by atoms with van der Waals surface area (Å²) >= 11 is 0. The van der Waals surface area contributed by atoms with Gasteiger partial charge in [0.05, 0.1) is 0 Å². The quantitative estimate of drug-likeness (QED) is 0.561. The SMILES string of the molecule is OB(O)c1ccc2ccccc2c1O. The number of phenolic OH excluding ortho intramolecular Hbond substituents is 1. The van der Waals surface area contributed by atoms with Crippen LogP contribution in [-0.4, -0.2) is 22.3 Å². The van der Waals surface area contributed by atoms with E-state index in [1.54, 1.807) is 18.2 Å². The maximum absolute atomic E-state index is 9.70. The summed E-state index contributed by atoms with van der Waals surface area (Å²) in [5.41, 5.74) is 0.128. The number of phenols is 1. The Kier molecular flexibility index (Phi) is 2.15. The molecule has 3 nitrogen and oxygen atoms in total. The van der Waals surface area contributed by atoms with E-state index in [2.05, 4.69) is 0 Å². The Morgan fingerprint density at radius 3 is 2.36 bits per heavy atom. The summed E-state index contributed by atoms with van der Waals surface area (Å²) in [5, 5.41) is 29.1. The molecule has 0 unspecified atom stereocenters. The van der Waals surface area contributed by atoms with Gasteiger partial charge in [0.25, 0.3) is 0 Å². The number of aromatic hydroxyl groups is 1. The van der Waals surface area contributed by atoms with Gasteiger partial charge in [-0.1, -0.05) is 36.4 Å². The van der Waals surface area contributed by atoms with Crippen LogP contribution in [0.25, 0.3) is 10.8 Å². The zero-order chi connectivity index (χ0) is 10.1. The van der Waals surface area contributed by atoms with Crippen LogP contribution < -0.4 is 5.46 Å². The zero-order valence-corrected chi connectivity index (χ0v) is 7.38. The van der Waals surface area contributed by atoms with Crippen molar-refractivity contribution >= 4 is 23.4 Å². The van der Waals surface area contributed by atoms with Gasteiger partial charge in [0.2, 0.25) is 0 Å². The van der Waals surface area contributed by atoms with E-state index in [-0.39, 0.29) is 11.2 Å². The maximum atomic E-state index is 9.70. The number of rotatable bonds is 1. The fourth-order valence-electron chi connectivity index (χ4n) is 1.48. The van der Waals surface area contributed by atoms with Crippen molar-refractivity contribution in [2.45, 2.75) is 0 Å². The summed E-state index contributed by atoms with van der Waals surface area (Å²) in [6, 6.07) is 10.5. The van der Waals surface area contributed by atoms with E-state index in [0.717, 1.165) is 5.39 Å². The van der Waals surface area contributed by atoms with Crippen molar-refractivity contribution in [1.29, 1.82) is 0 Å². The molecule has 0 saturated carbocycles. The topological polar surface area (TPSA) is 60.7 Å². The molecule has 0 amide bonds. The van der Waals surface area contributed by atoms with Crippen molar-refractivity contribution in [1.82, 2.24) is 0 Å². The monoisotopic (exact) mass is 188 g/mol. The number of benzene rings is 2. The van der Waals surface area contributed by atoms with Crippen molar-refractivity contribution in [3.05, 3.63) is 36.4 Å². The summed E-state index contributed by atoms with van der Waals surface area (Å²) in [4.78, 5) is 0. The van der Waals surface area contributed by atoms with Gasteiger partial charge < -0.3 is 15.2 Å². The molecular formula is C10H9BO3. The zero-order valence-electron chi connectivity index (χ0n) is 7.38. The first-order valence-corrected chi connectivity index (χ1v) is 4.27. The first-order chi connectivity index (χ1) is 6.70. The summed E-state index contributed by atoms with van der Waals surface area (Å²) < 4.78 is 0. The Balaban J connectivity index is 2.75. The molecule has 0 spiro atoms. The molecular weight excluding hydrogens is 179 g/mol. The van der Waals surface area contributed by atoms with E-state index < -0.39 is 7.12 Å². The highest BCUT2D eigenvalue weighted by molar-refractivity contribution is 6.60. The van der Waals surface area contributed by atoms with Crippen molar-refractivity contribution in [3.63, 3.8) is 0 Å². The van der Waals surface area contributed by atoms with E-state index >= 15 is 0 Å². The van der Waals surface area contributed by atoms with Crippen molar-refractivity contribution in [3.8, 4) is 5.75 Å². The number of hydrogen-bond acceptors (Lipinski definition) is 3.